The van der Waals surface area contributed by atoms with Crippen molar-refractivity contribution in [2.24, 2.45) is 7.05 Å². The number of aromatic nitrogens is 2. The molecule has 0 fully saturated rings. The summed E-state index contributed by atoms with van der Waals surface area (Å²) in [6.45, 7) is -0.0839. The Bertz CT molecular complexity index is 321. The fourth-order valence-corrected chi connectivity index (χ4v) is 1.20. The molecule has 0 spiro atoms. The van der Waals surface area contributed by atoms with Gasteiger partial charge in [0.25, 0.3) is 0 Å². The summed E-state index contributed by atoms with van der Waals surface area (Å²) in [6, 6.07) is 0. The van der Waals surface area contributed by atoms with Crippen LogP contribution in [-0.4, -0.2) is 14.7 Å². The molecule has 0 aliphatic carbocycles. The molecule has 1 rings (SSSR count). The van der Waals surface area contributed by atoms with E-state index in [-0.39, 0.29) is 12.3 Å². The molecule has 0 aliphatic heterocycles. The van der Waals surface area contributed by atoms with Crippen molar-refractivity contribution in [3.05, 3.63) is 25.9 Å². The molecule has 0 aromatic carbocycles. The van der Waals surface area contributed by atoms with E-state index in [0.717, 1.165) is 0 Å². The van der Waals surface area contributed by atoms with Crippen molar-refractivity contribution >= 4 is 22.6 Å². The summed E-state index contributed by atoms with van der Waals surface area (Å²) < 4.78 is 1.90. The molecule has 0 amide bonds. The van der Waals surface area contributed by atoms with Crippen LogP contribution in [0.3, 0.4) is 0 Å². The van der Waals surface area contributed by atoms with Gasteiger partial charge in [-0.25, -0.2) is 4.79 Å². The highest BCUT2D eigenvalue weighted by molar-refractivity contribution is 14.1. The van der Waals surface area contributed by atoms with Crippen LogP contribution < -0.4 is 5.69 Å². The van der Waals surface area contributed by atoms with Crippen LogP contribution in [0.4, 0.5) is 0 Å². The zero-order valence-corrected chi connectivity index (χ0v) is 8.07. The molecule has 0 radical (unpaired) electrons. The molecule has 0 aliphatic rings. The quantitative estimate of drug-likeness (QED) is 0.569. The van der Waals surface area contributed by atoms with Crippen molar-refractivity contribution < 1.29 is 5.11 Å². The first-order chi connectivity index (χ1) is 5.15. The zero-order chi connectivity index (χ0) is 8.43. The summed E-state index contributed by atoms with van der Waals surface area (Å²) in [5.74, 6) is 0. The number of aryl methyl sites for hydroxylation is 1. The molecule has 11 heavy (non-hydrogen) atoms. The number of nitrogens with zero attached hydrogens (tertiary/aromatic N) is 2. The second-order valence-electron chi connectivity index (χ2n) is 2.11. The van der Waals surface area contributed by atoms with Gasteiger partial charge >= 0.3 is 5.69 Å². The van der Waals surface area contributed by atoms with Crippen LogP contribution in [0.5, 0.6) is 0 Å². The fraction of sp³-hybridized carbons (Fsp3) is 0.333. The molecule has 0 saturated carbocycles. The number of rotatable bonds is 1. The third-order valence-corrected chi connectivity index (χ3v) is 2.21. The van der Waals surface area contributed by atoms with Crippen LogP contribution in [0.1, 0.15) is 5.56 Å². The first kappa shape index (κ1) is 8.66. The molecule has 0 saturated heterocycles. The molecule has 1 N–H and O–H groups in total. The maximum Gasteiger partial charge on any atom is 0.348 e. The first-order valence-corrected chi connectivity index (χ1v) is 4.06. The van der Waals surface area contributed by atoms with Crippen molar-refractivity contribution in [2.45, 2.75) is 6.61 Å². The van der Waals surface area contributed by atoms with Crippen LogP contribution in [0.2, 0.25) is 0 Å². The van der Waals surface area contributed by atoms with E-state index in [1.54, 1.807) is 13.2 Å². The van der Waals surface area contributed by atoms with Crippen molar-refractivity contribution in [2.75, 3.05) is 0 Å². The Labute approximate surface area is 77.0 Å². The van der Waals surface area contributed by atoms with Crippen molar-refractivity contribution in [3.63, 3.8) is 0 Å². The summed E-state index contributed by atoms with van der Waals surface area (Å²) in [4.78, 5) is 14.6. The fourth-order valence-electron chi connectivity index (χ4n) is 0.683. The molecule has 4 nitrogen and oxygen atoms in total. The van der Waals surface area contributed by atoms with Crippen LogP contribution >= 0.6 is 22.6 Å². The summed E-state index contributed by atoms with van der Waals surface area (Å²) >= 11 is 1.92. The highest BCUT2D eigenvalue weighted by atomic mass is 127. The minimum absolute atomic E-state index is 0.0839. The molecular weight excluding hydrogens is 259 g/mol. The molecule has 0 atom stereocenters. The van der Waals surface area contributed by atoms with Gasteiger partial charge in [-0.1, -0.05) is 0 Å². The average Bonchev–Trinajstić information content (AvgIpc) is 1.97. The molecule has 1 aromatic heterocycles. The van der Waals surface area contributed by atoms with Gasteiger partial charge in [-0.2, -0.15) is 4.98 Å². The molecular formula is C6H7IN2O2. The summed E-state index contributed by atoms with van der Waals surface area (Å²) in [6.07, 6.45) is 1.58. The minimum Gasteiger partial charge on any atom is -0.392 e. The van der Waals surface area contributed by atoms with Crippen molar-refractivity contribution in [1.82, 2.24) is 9.55 Å². The highest BCUT2D eigenvalue weighted by Crippen LogP contribution is 2.04. The van der Waals surface area contributed by atoms with Crippen molar-refractivity contribution in [3.8, 4) is 0 Å². The predicted molar refractivity (Wildman–Crippen MR) is 48.1 cm³/mol. The third kappa shape index (κ3) is 1.78. The Morgan fingerprint density at radius 1 is 1.82 bits per heavy atom. The Morgan fingerprint density at radius 2 is 2.45 bits per heavy atom. The Hall–Kier alpha value is -0.430. The van der Waals surface area contributed by atoms with E-state index in [4.69, 9.17) is 5.11 Å². The SMILES string of the molecule is Cn1cc(CO)c(I)nc1=O. The summed E-state index contributed by atoms with van der Waals surface area (Å²) in [7, 11) is 1.60. The van der Waals surface area contributed by atoms with Gasteiger partial charge in [0.1, 0.15) is 3.70 Å². The Kier molecular flexibility index (Phi) is 2.61. The number of halogens is 1. The van der Waals surface area contributed by atoms with Gasteiger partial charge in [-0.05, 0) is 22.6 Å². The molecule has 60 valence electrons. The van der Waals surface area contributed by atoms with E-state index in [2.05, 4.69) is 4.98 Å². The van der Waals surface area contributed by atoms with E-state index in [0.29, 0.717) is 9.26 Å². The predicted octanol–water partition coefficient (Wildman–Crippen LogP) is -0.123. The number of hydrogen-bond acceptors (Lipinski definition) is 3. The first-order valence-electron chi connectivity index (χ1n) is 2.98. The Balaban J connectivity index is 3.32. The molecule has 5 heteroatoms. The van der Waals surface area contributed by atoms with E-state index < -0.39 is 0 Å². The van der Waals surface area contributed by atoms with E-state index in [1.807, 2.05) is 22.6 Å². The van der Waals surface area contributed by atoms with Crippen LogP contribution in [0.15, 0.2) is 11.0 Å². The van der Waals surface area contributed by atoms with Gasteiger partial charge in [-0.15, -0.1) is 0 Å². The van der Waals surface area contributed by atoms with Gasteiger partial charge in [-0.3, -0.25) is 0 Å². The minimum atomic E-state index is -0.299. The number of hydrogen-bond donors (Lipinski definition) is 1. The number of aliphatic hydroxyl groups is 1. The molecule has 0 bridgehead atoms. The summed E-state index contributed by atoms with van der Waals surface area (Å²) in [5.41, 5.74) is 0.374. The maximum atomic E-state index is 10.9. The van der Waals surface area contributed by atoms with Gasteiger partial charge in [0.05, 0.1) is 6.61 Å². The van der Waals surface area contributed by atoms with Crippen LogP contribution in [0, 0.1) is 3.70 Å². The smallest absolute Gasteiger partial charge is 0.348 e. The van der Waals surface area contributed by atoms with Crippen LogP contribution in [-0.2, 0) is 13.7 Å². The standard InChI is InChI=1S/C6H7IN2O2/c1-9-2-4(3-10)5(7)8-6(9)11/h2,10H,3H2,1H3. The lowest BCUT2D eigenvalue weighted by molar-refractivity contribution is 0.279. The third-order valence-electron chi connectivity index (χ3n) is 1.28. The second-order valence-corrected chi connectivity index (χ2v) is 3.13. The van der Waals surface area contributed by atoms with E-state index in [1.165, 1.54) is 4.57 Å². The molecule has 1 aromatic rings. The largest absolute Gasteiger partial charge is 0.392 e. The van der Waals surface area contributed by atoms with Gasteiger partial charge in [0.2, 0.25) is 0 Å². The number of aliphatic hydroxyl groups excluding tert-OH is 1. The Morgan fingerprint density at radius 3 is 3.00 bits per heavy atom. The zero-order valence-electron chi connectivity index (χ0n) is 5.91. The second kappa shape index (κ2) is 3.31. The van der Waals surface area contributed by atoms with Gasteiger partial charge in [0, 0.05) is 18.8 Å². The lowest BCUT2D eigenvalue weighted by Crippen LogP contribution is -2.21. The lowest BCUT2D eigenvalue weighted by atomic mass is 10.4. The summed E-state index contributed by atoms with van der Waals surface area (Å²) in [5, 5.41) is 8.77. The normalized spacial score (nSPS) is 10.1. The topological polar surface area (TPSA) is 55.1 Å². The van der Waals surface area contributed by atoms with E-state index >= 15 is 0 Å². The average molecular weight is 266 g/mol. The van der Waals surface area contributed by atoms with Crippen LogP contribution in [0.25, 0.3) is 0 Å². The van der Waals surface area contributed by atoms with Gasteiger partial charge in [0.15, 0.2) is 0 Å². The van der Waals surface area contributed by atoms with Gasteiger partial charge < -0.3 is 9.67 Å². The van der Waals surface area contributed by atoms with Crippen molar-refractivity contribution in [1.29, 1.82) is 0 Å². The molecule has 1 heterocycles. The maximum absolute atomic E-state index is 10.9. The van der Waals surface area contributed by atoms with E-state index in [9.17, 15) is 4.79 Å². The lowest BCUT2D eigenvalue weighted by Gasteiger charge is -2.00. The molecule has 0 unspecified atom stereocenters. The highest BCUT2D eigenvalue weighted by Gasteiger charge is 2.01. The monoisotopic (exact) mass is 266 g/mol.